The van der Waals surface area contributed by atoms with E-state index in [4.69, 9.17) is 0 Å². The normalized spacial score (nSPS) is 16.3. The van der Waals surface area contributed by atoms with Crippen molar-refractivity contribution in [2.45, 2.75) is 27.2 Å². The third-order valence-electron chi connectivity index (χ3n) is 5.06. The van der Waals surface area contributed by atoms with Crippen molar-refractivity contribution in [2.75, 3.05) is 62.3 Å². The van der Waals surface area contributed by atoms with Crippen molar-refractivity contribution in [3.05, 3.63) is 23.8 Å². The highest BCUT2D eigenvalue weighted by Gasteiger charge is 2.26. The van der Waals surface area contributed by atoms with E-state index in [0.717, 1.165) is 43.1 Å². The van der Waals surface area contributed by atoms with E-state index in [0.29, 0.717) is 13.1 Å². The summed E-state index contributed by atoms with van der Waals surface area (Å²) in [6.07, 6.45) is -0.0358. The van der Waals surface area contributed by atoms with Gasteiger partial charge in [0.2, 0.25) is 15.9 Å². The van der Waals surface area contributed by atoms with Gasteiger partial charge in [0.1, 0.15) is 0 Å². The van der Waals surface area contributed by atoms with Crippen LogP contribution in [0.25, 0.3) is 0 Å². The second-order valence-corrected chi connectivity index (χ2v) is 9.08. The molecule has 0 radical (unpaired) electrons. The summed E-state index contributed by atoms with van der Waals surface area (Å²) in [4.78, 5) is 16.6. The average Bonchev–Trinajstić information content (AvgIpc) is 2.64. The quantitative estimate of drug-likeness (QED) is 0.725. The first kappa shape index (κ1) is 21.7. The Kier molecular flexibility index (Phi) is 7.64. The Balaban J connectivity index is 1.92. The van der Waals surface area contributed by atoms with Crippen molar-refractivity contribution in [1.29, 1.82) is 0 Å². The van der Waals surface area contributed by atoms with Gasteiger partial charge in [0, 0.05) is 57.1 Å². The number of anilines is 2. The Morgan fingerprint density at radius 1 is 1.15 bits per heavy atom. The van der Waals surface area contributed by atoms with Crippen LogP contribution < -0.4 is 10.2 Å². The lowest BCUT2D eigenvalue weighted by molar-refractivity contribution is -0.115. The molecule has 152 valence electrons. The fraction of sp³-hybridized carbons (Fsp3) is 0.632. The minimum atomic E-state index is -3.39. The molecule has 1 fully saturated rings. The molecule has 1 N–H and O–H groups in total. The Bertz CT molecular complexity index is 739. The molecule has 0 spiro atoms. The fourth-order valence-corrected chi connectivity index (χ4v) is 4.62. The molecule has 0 atom stereocenters. The van der Waals surface area contributed by atoms with E-state index in [1.165, 1.54) is 4.31 Å². The molecular weight excluding hydrogens is 364 g/mol. The van der Waals surface area contributed by atoms with Gasteiger partial charge in [-0.15, -0.1) is 0 Å². The molecular formula is C19H32N4O3S. The van der Waals surface area contributed by atoms with Gasteiger partial charge < -0.3 is 15.1 Å². The van der Waals surface area contributed by atoms with Crippen LogP contribution in [0.15, 0.2) is 18.2 Å². The van der Waals surface area contributed by atoms with Gasteiger partial charge in [-0.05, 0) is 51.6 Å². The number of amides is 1. The van der Waals surface area contributed by atoms with Crippen molar-refractivity contribution >= 4 is 27.3 Å². The van der Waals surface area contributed by atoms with E-state index in [9.17, 15) is 13.2 Å². The van der Waals surface area contributed by atoms with Crippen LogP contribution in [0, 0.1) is 6.92 Å². The van der Waals surface area contributed by atoms with Crippen LogP contribution in [-0.2, 0) is 14.8 Å². The highest BCUT2D eigenvalue weighted by molar-refractivity contribution is 7.89. The number of nitrogens with zero attached hydrogens (tertiary/aromatic N) is 3. The maximum Gasteiger partial charge on any atom is 0.225 e. The van der Waals surface area contributed by atoms with E-state index < -0.39 is 10.0 Å². The number of sulfonamides is 1. The smallest absolute Gasteiger partial charge is 0.225 e. The molecule has 1 aliphatic heterocycles. The van der Waals surface area contributed by atoms with E-state index in [2.05, 4.69) is 29.0 Å². The number of aryl methyl sites for hydroxylation is 1. The second kappa shape index (κ2) is 9.52. The predicted octanol–water partition coefficient (Wildman–Crippen LogP) is 1.75. The van der Waals surface area contributed by atoms with Gasteiger partial charge in [0.25, 0.3) is 0 Å². The van der Waals surface area contributed by atoms with Crippen LogP contribution in [0.5, 0.6) is 0 Å². The highest BCUT2D eigenvalue weighted by Crippen LogP contribution is 2.23. The molecule has 27 heavy (non-hydrogen) atoms. The molecule has 0 saturated carbocycles. The predicted molar refractivity (Wildman–Crippen MR) is 111 cm³/mol. The third-order valence-corrected chi connectivity index (χ3v) is 6.93. The first-order valence-corrected chi connectivity index (χ1v) is 11.2. The summed E-state index contributed by atoms with van der Waals surface area (Å²) in [5.74, 6) is -0.426. The maximum atomic E-state index is 12.4. The molecule has 1 heterocycles. The fourth-order valence-electron chi connectivity index (χ4n) is 3.20. The number of hydrogen-bond donors (Lipinski definition) is 1. The summed E-state index contributed by atoms with van der Waals surface area (Å²) in [5, 5.41) is 2.85. The number of hydrogen-bond acceptors (Lipinski definition) is 5. The molecule has 1 amide bonds. The highest BCUT2D eigenvalue weighted by atomic mass is 32.2. The van der Waals surface area contributed by atoms with Crippen LogP contribution in [0.4, 0.5) is 11.4 Å². The minimum Gasteiger partial charge on any atom is -0.372 e. The molecule has 1 aliphatic rings. The molecule has 0 bridgehead atoms. The van der Waals surface area contributed by atoms with Crippen molar-refractivity contribution in [1.82, 2.24) is 9.21 Å². The Morgan fingerprint density at radius 2 is 1.78 bits per heavy atom. The number of likely N-dealkylation sites (N-methyl/N-ethyl adjacent to an activating group) is 1. The summed E-state index contributed by atoms with van der Waals surface area (Å²) in [7, 11) is -1.41. The lowest BCUT2D eigenvalue weighted by Gasteiger charge is -2.31. The van der Waals surface area contributed by atoms with Crippen LogP contribution in [-0.4, -0.2) is 75.6 Å². The Morgan fingerprint density at radius 3 is 2.33 bits per heavy atom. The van der Waals surface area contributed by atoms with Gasteiger partial charge in [-0.1, -0.05) is 0 Å². The topological polar surface area (TPSA) is 73.0 Å². The first-order chi connectivity index (χ1) is 12.8. The molecule has 0 aromatic heterocycles. The summed E-state index contributed by atoms with van der Waals surface area (Å²) in [6, 6.07) is 5.91. The van der Waals surface area contributed by atoms with Gasteiger partial charge >= 0.3 is 0 Å². The molecule has 0 unspecified atom stereocenters. The van der Waals surface area contributed by atoms with Crippen LogP contribution in [0.2, 0.25) is 0 Å². The van der Waals surface area contributed by atoms with E-state index in [1.807, 2.05) is 32.2 Å². The Labute approximate surface area is 163 Å². The zero-order valence-electron chi connectivity index (χ0n) is 16.9. The number of piperazine rings is 1. The van der Waals surface area contributed by atoms with Gasteiger partial charge in [-0.3, -0.25) is 4.79 Å². The molecule has 1 aromatic rings. The standard InChI is InChI=1S/C19H32N4O3S/c1-5-22(6-2)17-7-8-18(16(3)15-17)20-19(24)9-14-27(25,26)23-12-10-21(4)11-13-23/h7-8,15H,5-6,9-14H2,1-4H3,(H,20,24). The zero-order chi connectivity index (χ0) is 20.0. The van der Waals surface area contributed by atoms with Crippen molar-refractivity contribution in [3.8, 4) is 0 Å². The summed E-state index contributed by atoms with van der Waals surface area (Å²) >= 11 is 0. The molecule has 8 heteroatoms. The number of carbonyl (C=O) groups is 1. The average molecular weight is 397 g/mol. The van der Waals surface area contributed by atoms with Crippen molar-refractivity contribution in [3.63, 3.8) is 0 Å². The minimum absolute atomic E-state index is 0.0358. The summed E-state index contributed by atoms with van der Waals surface area (Å²) < 4.78 is 26.3. The van der Waals surface area contributed by atoms with E-state index in [1.54, 1.807) is 0 Å². The number of rotatable bonds is 8. The van der Waals surface area contributed by atoms with Crippen molar-refractivity contribution < 1.29 is 13.2 Å². The lowest BCUT2D eigenvalue weighted by Crippen LogP contribution is -2.48. The number of benzene rings is 1. The monoisotopic (exact) mass is 396 g/mol. The SMILES string of the molecule is CCN(CC)c1ccc(NC(=O)CCS(=O)(=O)N2CCN(C)CC2)c(C)c1. The lowest BCUT2D eigenvalue weighted by atomic mass is 10.1. The molecule has 0 aliphatic carbocycles. The maximum absolute atomic E-state index is 12.4. The van der Waals surface area contributed by atoms with Gasteiger partial charge in [-0.2, -0.15) is 4.31 Å². The molecule has 2 rings (SSSR count). The van der Waals surface area contributed by atoms with Crippen LogP contribution in [0.3, 0.4) is 0 Å². The zero-order valence-corrected chi connectivity index (χ0v) is 17.7. The summed E-state index contributed by atoms with van der Waals surface area (Å²) in [5.41, 5.74) is 2.82. The van der Waals surface area contributed by atoms with Crippen molar-refractivity contribution in [2.24, 2.45) is 0 Å². The summed E-state index contributed by atoms with van der Waals surface area (Å²) in [6.45, 7) is 10.4. The van der Waals surface area contributed by atoms with Crippen LogP contribution in [0.1, 0.15) is 25.8 Å². The number of carbonyl (C=O) groups excluding carboxylic acids is 1. The molecule has 1 saturated heterocycles. The van der Waals surface area contributed by atoms with Gasteiger partial charge in [-0.25, -0.2) is 8.42 Å². The van der Waals surface area contributed by atoms with E-state index >= 15 is 0 Å². The third kappa shape index (κ3) is 5.92. The van der Waals surface area contributed by atoms with Gasteiger partial charge in [0.15, 0.2) is 0 Å². The molecule has 7 nitrogen and oxygen atoms in total. The van der Waals surface area contributed by atoms with E-state index in [-0.39, 0.29) is 18.1 Å². The Hall–Kier alpha value is -1.64. The first-order valence-electron chi connectivity index (χ1n) is 9.58. The largest absolute Gasteiger partial charge is 0.372 e. The number of nitrogens with one attached hydrogen (secondary N) is 1. The van der Waals surface area contributed by atoms with Gasteiger partial charge in [0.05, 0.1) is 5.75 Å². The van der Waals surface area contributed by atoms with Crippen LogP contribution >= 0.6 is 0 Å². The molecule has 1 aromatic carbocycles. The second-order valence-electron chi connectivity index (χ2n) is 6.99.